The highest BCUT2D eigenvalue weighted by atomic mass is 19.1. The maximum Gasteiger partial charge on any atom is 0.351 e. The van der Waals surface area contributed by atoms with Gasteiger partial charge in [0.1, 0.15) is 11.6 Å². The highest BCUT2D eigenvalue weighted by Gasteiger charge is 2.11. The number of hydrogen-bond acceptors (Lipinski definition) is 4. The number of halogens is 1. The Bertz CT molecular complexity index is 928. The summed E-state index contributed by atoms with van der Waals surface area (Å²) in [6.07, 6.45) is 0.822. The van der Waals surface area contributed by atoms with Crippen LogP contribution in [0.2, 0.25) is 0 Å². The molecule has 0 radical (unpaired) electrons. The van der Waals surface area contributed by atoms with Crippen molar-refractivity contribution >= 4 is 17.3 Å². The van der Waals surface area contributed by atoms with Crippen LogP contribution in [-0.2, 0) is 6.54 Å². The van der Waals surface area contributed by atoms with Crippen molar-refractivity contribution in [1.82, 2.24) is 19.2 Å². The molecule has 120 valence electrons. The van der Waals surface area contributed by atoms with Crippen LogP contribution in [0.1, 0.15) is 24.6 Å². The van der Waals surface area contributed by atoms with E-state index in [0.717, 1.165) is 17.8 Å². The van der Waals surface area contributed by atoms with Crippen LogP contribution >= 0.6 is 0 Å². The van der Waals surface area contributed by atoms with Crippen LogP contribution in [-0.4, -0.2) is 19.2 Å². The minimum Gasteiger partial charge on any atom is -0.340 e. The van der Waals surface area contributed by atoms with Crippen molar-refractivity contribution in [1.29, 1.82) is 0 Å². The first kappa shape index (κ1) is 15.2. The molecular formula is C16H18FN5O. The molecule has 2 heterocycles. The van der Waals surface area contributed by atoms with Gasteiger partial charge in [0.05, 0.1) is 0 Å². The molecule has 0 spiro atoms. The molecule has 0 unspecified atom stereocenters. The minimum absolute atomic E-state index is 0.184. The van der Waals surface area contributed by atoms with E-state index in [1.807, 2.05) is 13.8 Å². The predicted octanol–water partition coefficient (Wildman–Crippen LogP) is 2.80. The maximum absolute atomic E-state index is 13.3. The van der Waals surface area contributed by atoms with E-state index in [0.29, 0.717) is 23.7 Å². The monoisotopic (exact) mass is 315 g/mol. The van der Waals surface area contributed by atoms with Crippen molar-refractivity contribution in [2.24, 2.45) is 0 Å². The van der Waals surface area contributed by atoms with E-state index in [-0.39, 0.29) is 11.5 Å². The summed E-state index contributed by atoms with van der Waals surface area (Å²) in [5.41, 5.74) is 1.84. The van der Waals surface area contributed by atoms with Crippen LogP contribution in [0.4, 0.5) is 15.9 Å². The number of nitrogens with one attached hydrogen (secondary N) is 1. The molecule has 0 atom stereocenters. The quantitative estimate of drug-likeness (QED) is 0.804. The molecule has 23 heavy (non-hydrogen) atoms. The fourth-order valence-corrected chi connectivity index (χ4v) is 2.47. The van der Waals surface area contributed by atoms with Crippen LogP contribution in [0.15, 0.2) is 29.1 Å². The van der Waals surface area contributed by atoms with E-state index in [4.69, 9.17) is 0 Å². The molecule has 7 heteroatoms. The molecule has 1 aromatic carbocycles. The van der Waals surface area contributed by atoms with Gasteiger partial charge in [-0.05, 0) is 44.0 Å². The number of hydrogen-bond donors (Lipinski definition) is 1. The summed E-state index contributed by atoms with van der Waals surface area (Å²) in [5, 5.41) is 7.38. The Hall–Kier alpha value is -2.70. The third-order valence-electron chi connectivity index (χ3n) is 3.61. The fourth-order valence-electron chi connectivity index (χ4n) is 2.47. The second-order valence-corrected chi connectivity index (χ2v) is 5.51. The van der Waals surface area contributed by atoms with E-state index >= 15 is 0 Å². The lowest BCUT2D eigenvalue weighted by atomic mass is 10.2. The van der Waals surface area contributed by atoms with Crippen molar-refractivity contribution in [3.8, 4) is 0 Å². The van der Waals surface area contributed by atoms with Crippen LogP contribution in [0, 0.1) is 19.7 Å². The number of nitrogens with zero attached hydrogens (tertiary/aromatic N) is 4. The van der Waals surface area contributed by atoms with E-state index < -0.39 is 0 Å². The highest BCUT2D eigenvalue weighted by molar-refractivity contribution is 5.59. The van der Waals surface area contributed by atoms with E-state index in [1.165, 1.54) is 15.1 Å². The first-order valence-corrected chi connectivity index (χ1v) is 7.50. The average Bonchev–Trinajstić information content (AvgIpc) is 2.80. The van der Waals surface area contributed by atoms with Gasteiger partial charge in [0.2, 0.25) is 0 Å². The van der Waals surface area contributed by atoms with Crippen molar-refractivity contribution < 1.29 is 4.39 Å². The first-order chi connectivity index (χ1) is 11.0. The van der Waals surface area contributed by atoms with Crippen molar-refractivity contribution in [3.63, 3.8) is 0 Å². The molecule has 0 bridgehead atoms. The molecule has 2 aromatic heterocycles. The minimum atomic E-state index is -0.250. The van der Waals surface area contributed by atoms with Gasteiger partial charge in [-0.1, -0.05) is 6.92 Å². The van der Waals surface area contributed by atoms with Gasteiger partial charge < -0.3 is 5.32 Å². The lowest BCUT2D eigenvalue weighted by Gasteiger charge is -2.08. The standard InChI is InChI=1S/C16H18FN5O/c1-4-7-21-16(23)22-11(3)9-14(19-15(22)20-21)18-12-5-6-13(17)10(2)8-12/h5-6,8-9H,4,7H2,1-3H3,(H,18,19,20). The largest absolute Gasteiger partial charge is 0.351 e. The molecule has 1 N–H and O–H groups in total. The normalized spacial score (nSPS) is 11.1. The van der Waals surface area contributed by atoms with E-state index in [1.54, 1.807) is 25.1 Å². The maximum atomic E-state index is 13.3. The van der Waals surface area contributed by atoms with E-state index in [9.17, 15) is 9.18 Å². The van der Waals surface area contributed by atoms with Crippen molar-refractivity contribution in [3.05, 3.63) is 51.8 Å². The molecule has 3 rings (SSSR count). The SMILES string of the molecule is CCCn1nc2nc(Nc3ccc(F)c(C)c3)cc(C)n2c1=O. The summed E-state index contributed by atoms with van der Waals surface area (Å²) in [4.78, 5) is 16.6. The third kappa shape index (κ3) is 2.81. The molecule has 0 aliphatic rings. The second-order valence-electron chi connectivity index (χ2n) is 5.51. The Morgan fingerprint density at radius 1 is 1.26 bits per heavy atom. The van der Waals surface area contributed by atoms with Crippen molar-refractivity contribution in [2.75, 3.05) is 5.32 Å². The number of rotatable bonds is 4. The molecule has 0 fully saturated rings. The zero-order valence-electron chi connectivity index (χ0n) is 13.3. The topological polar surface area (TPSA) is 64.2 Å². The number of fused-ring (bicyclic) bond motifs is 1. The van der Waals surface area contributed by atoms with Gasteiger partial charge in [0, 0.05) is 24.0 Å². The summed E-state index contributed by atoms with van der Waals surface area (Å²) in [5.74, 6) is 0.666. The zero-order valence-corrected chi connectivity index (χ0v) is 13.3. The number of benzene rings is 1. The third-order valence-corrected chi connectivity index (χ3v) is 3.61. The van der Waals surface area contributed by atoms with Gasteiger partial charge in [-0.25, -0.2) is 18.3 Å². The van der Waals surface area contributed by atoms with Crippen LogP contribution in [0.3, 0.4) is 0 Å². The van der Waals surface area contributed by atoms with Gasteiger partial charge in [-0.2, -0.15) is 4.98 Å². The molecule has 0 saturated carbocycles. The molecular weight excluding hydrogens is 297 g/mol. The van der Waals surface area contributed by atoms with Crippen LogP contribution < -0.4 is 11.0 Å². The molecule has 0 aliphatic heterocycles. The Labute approximate surface area is 132 Å². The van der Waals surface area contributed by atoms with Gasteiger partial charge in [0.15, 0.2) is 0 Å². The first-order valence-electron chi connectivity index (χ1n) is 7.50. The van der Waals surface area contributed by atoms with Gasteiger partial charge in [-0.15, -0.1) is 5.10 Å². The number of anilines is 2. The Morgan fingerprint density at radius 3 is 2.74 bits per heavy atom. The number of aromatic nitrogens is 4. The molecule has 3 aromatic rings. The summed E-state index contributed by atoms with van der Waals surface area (Å²) < 4.78 is 16.2. The summed E-state index contributed by atoms with van der Waals surface area (Å²) >= 11 is 0. The molecule has 6 nitrogen and oxygen atoms in total. The summed E-state index contributed by atoms with van der Waals surface area (Å²) in [7, 11) is 0. The smallest absolute Gasteiger partial charge is 0.340 e. The van der Waals surface area contributed by atoms with Crippen LogP contribution in [0.5, 0.6) is 0 Å². The lowest BCUT2D eigenvalue weighted by Crippen LogP contribution is -2.22. The predicted molar refractivity (Wildman–Crippen MR) is 86.7 cm³/mol. The fraction of sp³-hybridized carbons (Fsp3) is 0.312. The van der Waals surface area contributed by atoms with Crippen LogP contribution in [0.25, 0.3) is 5.78 Å². The van der Waals surface area contributed by atoms with Gasteiger partial charge >= 0.3 is 5.69 Å². The summed E-state index contributed by atoms with van der Waals surface area (Å²) in [6.45, 7) is 6.08. The molecule has 0 amide bonds. The van der Waals surface area contributed by atoms with Gasteiger partial charge in [0.25, 0.3) is 5.78 Å². The summed E-state index contributed by atoms with van der Waals surface area (Å²) in [6, 6.07) is 6.53. The van der Waals surface area contributed by atoms with Gasteiger partial charge in [-0.3, -0.25) is 0 Å². The van der Waals surface area contributed by atoms with Crippen molar-refractivity contribution in [2.45, 2.75) is 33.7 Å². The Morgan fingerprint density at radius 2 is 2.04 bits per heavy atom. The Kier molecular flexibility index (Phi) is 3.85. The highest BCUT2D eigenvalue weighted by Crippen LogP contribution is 2.19. The second kappa shape index (κ2) is 5.83. The molecule has 0 saturated heterocycles. The Balaban J connectivity index is 2.02. The number of aryl methyl sites for hydroxylation is 3. The zero-order chi connectivity index (χ0) is 16.6. The molecule has 0 aliphatic carbocycles. The average molecular weight is 315 g/mol. The van der Waals surface area contributed by atoms with E-state index in [2.05, 4.69) is 15.4 Å². The lowest BCUT2D eigenvalue weighted by molar-refractivity contribution is 0.581.